The van der Waals surface area contributed by atoms with Crippen LogP contribution in [0.2, 0.25) is 4.34 Å². The number of rotatable bonds is 2. The van der Waals surface area contributed by atoms with Gasteiger partial charge in [0, 0.05) is 12.1 Å². The Morgan fingerprint density at radius 3 is 2.39 bits per heavy atom. The fraction of sp³-hybridized carbons (Fsp3) is 0.500. The molecule has 98 valence electrons. The number of hydrogen-bond donors (Lipinski definition) is 0. The lowest BCUT2D eigenvalue weighted by atomic mass is 10.0. The maximum atomic E-state index is 12.6. The van der Waals surface area contributed by atoms with Crippen LogP contribution >= 0.6 is 22.9 Å². The number of hydrogen-bond acceptors (Lipinski definition) is 3. The number of piperidine rings is 1. The average Bonchev–Trinajstić information content (AvgIpc) is 2.83. The molecule has 18 heavy (non-hydrogen) atoms. The number of fused-ring (bicyclic) bond motifs is 2. The van der Waals surface area contributed by atoms with E-state index in [4.69, 9.17) is 11.6 Å². The van der Waals surface area contributed by atoms with Crippen molar-refractivity contribution in [3.8, 4) is 0 Å². The Balaban J connectivity index is 1.98. The molecule has 0 radical (unpaired) electrons. The van der Waals surface area contributed by atoms with Crippen molar-refractivity contribution in [2.24, 2.45) is 0 Å². The van der Waals surface area contributed by atoms with Gasteiger partial charge in [-0.15, -0.1) is 11.3 Å². The van der Waals surface area contributed by atoms with Gasteiger partial charge in [-0.3, -0.25) is 0 Å². The zero-order valence-electron chi connectivity index (χ0n) is 9.80. The maximum Gasteiger partial charge on any atom is 0.253 e. The van der Waals surface area contributed by atoms with Gasteiger partial charge in [0.25, 0.3) is 10.0 Å². The molecule has 3 heterocycles. The SMILES string of the molecule is C=C1CC2CCC(C1)N2S(=O)(=O)c1ccc(Cl)s1. The number of halogens is 1. The fourth-order valence-corrected chi connectivity index (χ4v) is 6.46. The van der Waals surface area contributed by atoms with E-state index in [-0.39, 0.29) is 12.1 Å². The summed E-state index contributed by atoms with van der Waals surface area (Å²) < 4.78 is 27.8. The van der Waals surface area contributed by atoms with E-state index in [1.807, 2.05) is 0 Å². The summed E-state index contributed by atoms with van der Waals surface area (Å²) in [5, 5.41) is 0. The number of nitrogens with zero attached hydrogens (tertiary/aromatic N) is 1. The summed E-state index contributed by atoms with van der Waals surface area (Å²) in [4.78, 5) is 0. The van der Waals surface area contributed by atoms with Crippen molar-refractivity contribution in [2.75, 3.05) is 0 Å². The van der Waals surface area contributed by atoms with Crippen molar-refractivity contribution in [3.05, 3.63) is 28.6 Å². The van der Waals surface area contributed by atoms with Crippen molar-refractivity contribution in [1.82, 2.24) is 4.31 Å². The molecule has 2 saturated heterocycles. The summed E-state index contributed by atoms with van der Waals surface area (Å²) in [6, 6.07) is 3.44. The van der Waals surface area contributed by atoms with Crippen LogP contribution in [0.4, 0.5) is 0 Å². The van der Waals surface area contributed by atoms with Gasteiger partial charge in [0.1, 0.15) is 4.21 Å². The molecular weight excluding hydrogens is 290 g/mol. The van der Waals surface area contributed by atoms with Crippen LogP contribution in [-0.2, 0) is 10.0 Å². The Labute approximate surface area is 116 Å². The molecule has 2 aliphatic rings. The maximum absolute atomic E-state index is 12.6. The van der Waals surface area contributed by atoms with Crippen LogP contribution in [0.3, 0.4) is 0 Å². The topological polar surface area (TPSA) is 37.4 Å². The molecule has 0 N–H and O–H groups in total. The first-order valence-electron chi connectivity index (χ1n) is 5.94. The second kappa shape index (κ2) is 4.34. The summed E-state index contributed by atoms with van der Waals surface area (Å²) in [7, 11) is -3.37. The van der Waals surface area contributed by atoms with Gasteiger partial charge in [-0.05, 0) is 37.8 Å². The van der Waals surface area contributed by atoms with E-state index in [1.165, 1.54) is 5.57 Å². The highest BCUT2D eigenvalue weighted by Gasteiger charge is 2.45. The Morgan fingerprint density at radius 2 is 1.89 bits per heavy atom. The van der Waals surface area contributed by atoms with Crippen molar-refractivity contribution in [1.29, 1.82) is 0 Å². The predicted molar refractivity (Wildman–Crippen MR) is 73.5 cm³/mol. The first kappa shape index (κ1) is 12.7. The molecule has 0 aliphatic carbocycles. The minimum Gasteiger partial charge on any atom is -0.206 e. The van der Waals surface area contributed by atoms with E-state index in [9.17, 15) is 8.42 Å². The molecule has 2 bridgehead atoms. The minimum absolute atomic E-state index is 0.0992. The highest BCUT2D eigenvalue weighted by Crippen LogP contribution is 2.42. The third kappa shape index (κ3) is 1.93. The largest absolute Gasteiger partial charge is 0.253 e. The number of sulfonamides is 1. The van der Waals surface area contributed by atoms with Gasteiger partial charge >= 0.3 is 0 Å². The van der Waals surface area contributed by atoms with Crippen LogP contribution in [0.1, 0.15) is 25.7 Å². The van der Waals surface area contributed by atoms with E-state index in [2.05, 4.69) is 6.58 Å². The van der Waals surface area contributed by atoms with Gasteiger partial charge in [0.2, 0.25) is 0 Å². The molecule has 3 rings (SSSR count). The summed E-state index contributed by atoms with van der Waals surface area (Å²) in [5.41, 5.74) is 1.18. The second-order valence-electron chi connectivity index (χ2n) is 4.94. The first-order chi connectivity index (χ1) is 8.48. The van der Waals surface area contributed by atoms with E-state index < -0.39 is 10.0 Å². The van der Waals surface area contributed by atoms with Gasteiger partial charge in [-0.25, -0.2) is 8.42 Å². The van der Waals surface area contributed by atoms with Crippen molar-refractivity contribution in [2.45, 2.75) is 42.0 Å². The molecule has 2 aliphatic heterocycles. The summed E-state index contributed by atoms with van der Waals surface area (Å²) in [6.45, 7) is 4.01. The van der Waals surface area contributed by atoms with Gasteiger partial charge in [0.15, 0.2) is 0 Å². The molecule has 1 aromatic heterocycles. The molecule has 0 aromatic carbocycles. The lowest BCUT2D eigenvalue weighted by Gasteiger charge is -2.34. The van der Waals surface area contributed by atoms with E-state index in [0.29, 0.717) is 8.55 Å². The lowest BCUT2D eigenvalue weighted by molar-refractivity contribution is 0.286. The van der Waals surface area contributed by atoms with Crippen molar-refractivity contribution < 1.29 is 8.42 Å². The molecule has 0 amide bonds. The number of thiophene rings is 1. The molecule has 1 aromatic rings. The molecular formula is C12H14ClNO2S2. The van der Waals surface area contributed by atoms with Crippen LogP contribution < -0.4 is 0 Å². The molecule has 6 heteroatoms. The normalized spacial score (nSPS) is 28.8. The third-order valence-corrected chi connectivity index (χ3v) is 7.39. The standard InChI is InChI=1S/C12H14ClNO2S2/c1-8-6-9-2-3-10(7-8)14(9)18(15,16)12-5-4-11(13)17-12/h4-5,9-10H,1-3,6-7H2. The van der Waals surface area contributed by atoms with Gasteiger partial charge < -0.3 is 0 Å². The summed E-state index contributed by atoms with van der Waals surface area (Å²) in [5.74, 6) is 0. The smallest absolute Gasteiger partial charge is 0.206 e. The third-order valence-electron chi connectivity index (χ3n) is 3.68. The van der Waals surface area contributed by atoms with E-state index in [1.54, 1.807) is 16.4 Å². The molecule has 2 atom stereocenters. The average molecular weight is 304 g/mol. The monoisotopic (exact) mass is 303 g/mol. The zero-order valence-corrected chi connectivity index (χ0v) is 12.2. The van der Waals surface area contributed by atoms with Gasteiger partial charge in [-0.1, -0.05) is 23.8 Å². The first-order valence-corrected chi connectivity index (χ1v) is 8.57. The summed E-state index contributed by atoms with van der Waals surface area (Å²) >= 11 is 6.97. The highest BCUT2D eigenvalue weighted by atomic mass is 35.5. The molecule has 0 saturated carbocycles. The minimum atomic E-state index is -3.37. The van der Waals surface area contributed by atoms with Crippen LogP contribution in [-0.4, -0.2) is 24.8 Å². The van der Waals surface area contributed by atoms with Crippen LogP contribution in [0.5, 0.6) is 0 Å². The van der Waals surface area contributed by atoms with Gasteiger partial charge in [0.05, 0.1) is 4.34 Å². The molecule has 2 fully saturated rings. The van der Waals surface area contributed by atoms with Crippen molar-refractivity contribution >= 4 is 33.0 Å². The van der Waals surface area contributed by atoms with Crippen molar-refractivity contribution in [3.63, 3.8) is 0 Å². The molecule has 0 spiro atoms. The Kier molecular flexibility index (Phi) is 3.05. The van der Waals surface area contributed by atoms with Gasteiger partial charge in [-0.2, -0.15) is 4.31 Å². The van der Waals surface area contributed by atoms with Crippen LogP contribution in [0, 0.1) is 0 Å². The van der Waals surface area contributed by atoms with E-state index in [0.717, 1.165) is 37.0 Å². The molecule has 2 unspecified atom stereocenters. The quantitative estimate of drug-likeness (QED) is 0.786. The highest BCUT2D eigenvalue weighted by molar-refractivity contribution is 7.91. The zero-order chi connectivity index (χ0) is 12.9. The summed E-state index contributed by atoms with van der Waals surface area (Å²) in [6.07, 6.45) is 3.49. The van der Waals surface area contributed by atoms with Crippen LogP contribution in [0.15, 0.2) is 28.5 Å². The fourth-order valence-electron chi connectivity index (χ4n) is 3.00. The predicted octanol–water partition coefficient (Wildman–Crippen LogP) is 3.27. The van der Waals surface area contributed by atoms with E-state index >= 15 is 0 Å². The second-order valence-corrected chi connectivity index (χ2v) is 8.72. The van der Waals surface area contributed by atoms with Crippen LogP contribution in [0.25, 0.3) is 0 Å². The Bertz CT molecular complexity index is 577. The Hall–Kier alpha value is -0.360. The lowest BCUT2D eigenvalue weighted by Crippen LogP contribution is -2.44. The molecule has 3 nitrogen and oxygen atoms in total. The Morgan fingerprint density at radius 1 is 1.28 bits per heavy atom.